The number of amides is 1. The fraction of sp³-hybridized carbons (Fsp3) is 0.188. The van der Waals surface area contributed by atoms with Crippen LogP contribution in [0.1, 0.15) is 11.1 Å². The number of para-hydroxylation sites is 1. The number of fused-ring (bicyclic) bond motifs is 1. The number of halogens is 2. The summed E-state index contributed by atoms with van der Waals surface area (Å²) in [5.41, 5.74) is 2.35. The molecule has 1 amide bonds. The first-order valence-corrected chi connectivity index (χ1v) is 7.08. The minimum Gasteiger partial charge on any atom is -0.321 e. The molecule has 1 heterocycles. The van der Waals surface area contributed by atoms with Crippen molar-refractivity contribution in [2.24, 2.45) is 0 Å². The van der Waals surface area contributed by atoms with Gasteiger partial charge in [-0.25, -0.2) is 4.39 Å². The van der Waals surface area contributed by atoms with Gasteiger partial charge in [-0.2, -0.15) is 0 Å². The number of benzene rings is 2. The van der Waals surface area contributed by atoms with Gasteiger partial charge in [0.05, 0.1) is 16.8 Å². The number of carbonyl (C=O) groups is 1. The lowest BCUT2D eigenvalue weighted by molar-refractivity contribution is -0.118. The average molecular weight is 305 g/mol. The molecule has 3 nitrogen and oxygen atoms in total. The van der Waals surface area contributed by atoms with Gasteiger partial charge in [0.1, 0.15) is 5.82 Å². The molecule has 0 aromatic heterocycles. The average Bonchev–Trinajstić information content (AvgIpc) is 2.50. The molecule has 21 heavy (non-hydrogen) atoms. The molecule has 0 bridgehead atoms. The molecule has 0 saturated carbocycles. The van der Waals surface area contributed by atoms with Gasteiger partial charge in [-0.15, -0.1) is 0 Å². The Kier molecular flexibility index (Phi) is 3.90. The highest BCUT2D eigenvalue weighted by Gasteiger charge is 2.25. The van der Waals surface area contributed by atoms with Gasteiger partial charge in [-0.1, -0.05) is 41.9 Å². The van der Waals surface area contributed by atoms with E-state index in [2.05, 4.69) is 10.6 Å². The lowest BCUT2D eigenvalue weighted by Gasteiger charge is -2.25. The van der Waals surface area contributed by atoms with E-state index in [4.69, 9.17) is 11.6 Å². The van der Waals surface area contributed by atoms with Crippen LogP contribution in [0, 0.1) is 5.82 Å². The summed E-state index contributed by atoms with van der Waals surface area (Å²) in [7, 11) is 0. The molecule has 1 aliphatic heterocycles. The zero-order valence-electron chi connectivity index (χ0n) is 11.2. The lowest BCUT2D eigenvalue weighted by atomic mass is 9.95. The molecule has 2 aromatic rings. The van der Waals surface area contributed by atoms with E-state index in [0.29, 0.717) is 13.0 Å². The molecule has 0 aliphatic carbocycles. The number of anilines is 1. The van der Waals surface area contributed by atoms with E-state index in [-0.39, 0.29) is 16.6 Å². The van der Waals surface area contributed by atoms with Gasteiger partial charge in [0.2, 0.25) is 5.91 Å². The molecule has 0 saturated heterocycles. The van der Waals surface area contributed by atoms with Crippen molar-refractivity contribution in [1.82, 2.24) is 5.32 Å². The highest BCUT2D eigenvalue weighted by Crippen LogP contribution is 2.25. The van der Waals surface area contributed by atoms with E-state index in [9.17, 15) is 9.18 Å². The summed E-state index contributed by atoms with van der Waals surface area (Å²) in [6.45, 7) is 0.624. The van der Waals surface area contributed by atoms with Crippen LogP contribution in [0.3, 0.4) is 0 Å². The Hall–Kier alpha value is -1.91. The van der Waals surface area contributed by atoms with Crippen LogP contribution in [0.2, 0.25) is 5.02 Å². The Morgan fingerprint density at radius 2 is 1.95 bits per heavy atom. The predicted octanol–water partition coefficient (Wildman–Crippen LogP) is 3.13. The van der Waals surface area contributed by atoms with E-state index in [1.165, 1.54) is 17.7 Å². The number of carbonyl (C=O) groups excluding carboxylic acids is 1. The molecule has 0 spiro atoms. The summed E-state index contributed by atoms with van der Waals surface area (Å²) in [4.78, 5) is 12.3. The fourth-order valence-corrected chi connectivity index (χ4v) is 2.68. The zero-order chi connectivity index (χ0) is 14.8. The Labute approximate surface area is 127 Å². The van der Waals surface area contributed by atoms with E-state index in [1.54, 1.807) is 6.07 Å². The third-order valence-electron chi connectivity index (χ3n) is 3.61. The molecule has 2 aromatic carbocycles. The Morgan fingerprint density at radius 1 is 1.19 bits per heavy atom. The van der Waals surface area contributed by atoms with Crippen LogP contribution in [0.25, 0.3) is 0 Å². The predicted molar refractivity (Wildman–Crippen MR) is 80.8 cm³/mol. The summed E-state index contributed by atoms with van der Waals surface area (Å²) < 4.78 is 13.7. The second-order valence-corrected chi connectivity index (χ2v) is 5.40. The van der Waals surface area contributed by atoms with Gasteiger partial charge >= 0.3 is 0 Å². The van der Waals surface area contributed by atoms with Crippen molar-refractivity contribution in [3.63, 3.8) is 0 Å². The van der Waals surface area contributed by atoms with Gasteiger partial charge < -0.3 is 10.6 Å². The molecule has 0 radical (unpaired) electrons. The molecule has 1 aliphatic rings. The van der Waals surface area contributed by atoms with Gasteiger partial charge in [-0.3, -0.25) is 4.79 Å². The molecule has 2 N–H and O–H groups in total. The van der Waals surface area contributed by atoms with Crippen molar-refractivity contribution in [3.05, 3.63) is 64.4 Å². The van der Waals surface area contributed by atoms with Crippen LogP contribution < -0.4 is 10.6 Å². The van der Waals surface area contributed by atoms with E-state index in [1.807, 2.05) is 24.3 Å². The number of hydrogen-bond acceptors (Lipinski definition) is 2. The van der Waals surface area contributed by atoms with Crippen molar-refractivity contribution < 1.29 is 9.18 Å². The van der Waals surface area contributed by atoms with Gasteiger partial charge in [-0.05, 0) is 29.7 Å². The Morgan fingerprint density at radius 3 is 2.71 bits per heavy atom. The SMILES string of the molecule is O=C(Nc1c(F)cccc1Cl)[C@@H]1Cc2ccccc2CN1. The van der Waals surface area contributed by atoms with E-state index in [0.717, 1.165) is 5.56 Å². The van der Waals surface area contributed by atoms with Crippen molar-refractivity contribution >= 4 is 23.2 Å². The first-order chi connectivity index (χ1) is 10.1. The molecule has 5 heteroatoms. The Balaban J connectivity index is 1.76. The third kappa shape index (κ3) is 2.91. The molecule has 1 atom stereocenters. The standard InChI is InChI=1S/C16H14ClFN2O/c17-12-6-3-7-13(18)15(12)20-16(21)14-8-10-4-1-2-5-11(10)9-19-14/h1-7,14,19H,8-9H2,(H,20,21)/t14-/m0/s1. The first kappa shape index (κ1) is 14.0. The quantitative estimate of drug-likeness (QED) is 0.895. The number of rotatable bonds is 2. The molecular formula is C16H14ClFN2O. The van der Waals surface area contributed by atoms with Crippen LogP contribution in [-0.2, 0) is 17.8 Å². The molecule has 108 valence electrons. The fourth-order valence-electron chi connectivity index (χ4n) is 2.47. The second-order valence-electron chi connectivity index (χ2n) is 4.99. The lowest BCUT2D eigenvalue weighted by Crippen LogP contribution is -2.44. The molecular weight excluding hydrogens is 291 g/mol. The third-order valence-corrected chi connectivity index (χ3v) is 3.92. The van der Waals surface area contributed by atoms with Gasteiger partial charge in [0, 0.05) is 6.54 Å². The van der Waals surface area contributed by atoms with Gasteiger partial charge in [0.25, 0.3) is 0 Å². The number of nitrogens with one attached hydrogen (secondary N) is 2. The highest BCUT2D eigenvalue weighted by atomic mass is 35.5. The highest BCUT2D eigenvalue weighted by molar-refractivity contribution is 6.33. The Bertz CT molecular complexity index is 669. The van der Waals surface area contributed by atoms with Crippen molar-refractivity contribution in [2.45, 2.75) is 19.0 Å². The minimum absolute atomic E-state index is 0.0322. The summed E-state index contributed by atoms with van der Waals surface area (Å²) in [5.74, 6) is -0.816. The van der Waals surface area contributed by atoms with Gasteiger partial charge in [0.15, 0.2) is 0 Å². The maximum atomic E-state index is 13.7. The second kappa shape index (κ2) is 5.84. The van der Waals surface area contributed by atoms with Crippen LogP contribution in [0.4, 0.5) is 10.1 Å². The topological polar surface area (TPSA) is 41.1 Å². The van der Waals surface area contributed by atoms with Crippen LogP contribution >= 0.6 is 11.6 Å². The van der Waals surface area contributed by atoms with E-state index >= 15 is 0 Å². The number of hydrogen-bond donors (Lipinski definition) is 2. The molecule has 3 rings (SSSR count). The monoisotopic (exact) mass is 304 g/mol. The largest absolute Gasteiger partial charge is 0.321 e. The first-order valence-electron chi connectivity index (χ1n) is 6.70. The van der Waals surface area contributed by atoms with E-state index < -0.39 is 11.9 Å². The van der Waals surface area contributed by atoms with Crippen LogP contribution in [-0.4, -0.2) is 11.9 Å². The normalized spacial score (nSPS) is 17.1. The molecule has 0 fully saturated rings. The van der Waals surface area contributed by atoms with Crippen molar-refractivity contribution in [2.75, 3.05) is 5.32 Å². The van der Waals surface area contributed by atoms with Crippen molar-refractivity contribution in [3.8, 4) is 0 Å². The summed E-state index contributed by atoms with van der Waals surface area (Å²) in [5, 5.41) is 5.92. The smallest absolute Gasteiger partial charge is 0.241 e. The van der Waals surface area contributed by atoms with Crippen LogP contribution in [0.5, 0.6) is 0 Å². The zero-order valence-corrected chi connectivity index (χ0v) is 12.0. The summed E-state index contributed by atoms with van der Waals surface area (Å²) >= 11 is 5.92. The maximum absolute atomic E-state index is 13.7. The maximum Gasteiger partial charge on any atom is 0.241 e. The van der Waals surface area contributed by atoms with Crippen LogP contribution in [0.15, 0.2) is 42.5 Å². The molecule has 0 unspecified atom stereocenters. The minimum atomic E-state index is -0.535. The van der Waals surface area contributed by atoms with Crippen molar-refractivity contribution in [1.29, 1.82) is 0 Å². The summed E-state index contributed by atoms with van der Waals surface area (Å²) in [6.07, 6.45) is 0.577. The summed E-state index contributed by atoms with van der Waals surface area (Å²) in [6, 6.07) is 11.9.